The number of nitrogens with zero attached hydrogens (tertiary/aromatic N) is 3. The third-order valence-electron chi connectivity index (χ3n) is 8.04. The Morgan fingerprint density at radius 3 is 2.41 bits per heavy atom. The Bertz CT molecular complexity index is 828. The lowest BCUT2D eigenvalue weighted by molar-refractivity contribution is -0.138. The summed E-state index contributed by atoms with van der Waals surface area (Å²) in [7, 11) is 0. The van der Waals surface area contributed by atoms with Crippen molar-refractivity contribution in [3.8, 4) is 5.75 Å². The first kappa shape index (κ1) is 25.2. The Morgan fingerprint density at radius 1 is 0.971 bits per heavy atom. The highest BCUT2D eigenvalue weighted by Crippen LogP contribution is 2.26. The molecule has 1 saturated carbocycles. The van der Waals surface area contributed by atoms with Gasteiger partial charge in [-0.2, -0.15) is 0 Å². The molecule has 2 heterocycles. The molecule has 1 atom stereocenters. The number of hydrogen-bond donors (Lipinski definition) is 0. The number of rotatable bonds is 9. The molecule has 6 heteroatoms. The number of hydrogen-bond acceptors (Lipinski definition) is 5. The summed E-state index contributed by atoms with van der Waals surface area (Å²) in [5.74, 6) is 1.59. The van der Waals surface area contributed by atoms with Crippen LogP contribution in [0, 0.1) is 12.8 Å². The average molecular weight is 470 g/mol. The number of Topliss-reactive ketones (excluding diaryl/α,β-unsaturated/α-hetero) is 1. The lowest BCUT2D eigenvalue weighted by atomic mass is 9.88. The Morgan fingerprint density at radius 2 is 1.74 bits per heavy atom. The molecule has 2 aliphatic heterocycles. The van der Waals surface area contributed by atoms with Crippen molar-refractivity contribution in [3.05, 3.63) is 29.3 Å². The van der Waals surface area contributed by atoms with E-state index in [1.807, 2.05) is 30.0 Å². The zero-order valence-corrected chi connectivity index (χ0v) is 21.3. The average Bonchev–Trinajstić information content (AvgIpc) is 3.27. The van der Waals surface area contributed by atoms with Gasteiger partial charge in [0.15, 0.2) is 5.78 Å². The summed E-state index contributed by atoms with van der Waals surface area (Å²) < 4.78 is 6.01. The number of carbonyl (C=O) groups excluding carboxylic acids is 2. The maximum absolute atomic E-state index is 12.9. The van der Waals surface area contributed by atoms with E-state index in [2.05, 4.69) is 16.7 Å². The van der Waals surface area contributed by atoms with E-state index in [0.29, 0.717) is 25.1 Å². The van der Waals surface area contributed by atoms with E-state index in [0.717, 1.165) is 68.9 Å². The predicted molar refractivity (Wildman–Crippen MR) is 135 cm³/mol. The van der Waals surface area contributed by atoms with Crippen molar-refractivity contribution in [2.24, 2.45) is 5.92 Å². The van der Waals surface area contributed by atoms with Crippen LogP contribution < -0.4 is 4.74 Å². The molecule has 1 aromatic rings. The van der Waals surface area contributed by atoms with Gasteiger partial charge in [-0.1, -0.05) is 19.3 Å². The number of carbonyl (C=O) groups is 2. The molecule has 2 saturated heterocycles. The highest BCUT2D eigenvalue weighted by atomic mass is 16.5. The third-order valence-corrected chi connectivity index (χ3v) is 8.04. The fraction of sp³-hybridized carbons (Fsp3) is 0.714. The monoisotopic (exact) mass is 469 g/mol. The van der Waals surface area contributed by atoms with Gasteiger partial charge < -0.3 is 14.5 Å². The van der Waals surface area contributed by atoms with Gasteiger partial charge in [0.2, 0.25) is 5.91 Å². The molecule has 1 unspecified atom stereocenters. The summed E-state index contributed by atoms with van der Waals surface area (Å²) in [5.41, 5.74) is 1.76. The maximum Gasteiger partial charge on any atom is 0.225 e. The van der Waals surface area contributed by atoms with E-state index in [4.69, 9.17) is 4.74 Å². The minimum absolute atomic E-state index is 0.143. The Balaban J connectivity index is 1.19. The summed E-state index contributed by atoms with van der Waals surface area (Å²) in [5, 5.41) is 0. The Kier molecular flexibility index (Phi) is 9.01. The normalized spacial score (nSPS) is 22.8. The van der Waals surface area contributed by atoms with E-state index < -0.39 is 0 Å². The molecule has 0 N–H and O–H groups in total. The molecule has 3 aliphatic rings. The van der Waals surface area contributed by atoms with Crippen molar-refractivity contribution in [3.63, 3.8) is 0 Å². The molecule has 1 aromatic carbocycles. The second kappa shape index (κ2) is 12.2. The molecule has 0 aromatic heterocycles. The second-order valence-electron chi connectivity index (χ2n) is 10.6. The molecule has 188 valence electrons. The number of ketones is 1. The predicted octanol–water partition coefficient (Wildman–Crippen LogP) is 4.16. The third kappa shape index (κ3) is 6.60. The van der Waals surface area contributed by atoms with Crippen molar-refractivity contribution in [2.45, 2.75) is 71.3 Å². The standard InChI is InChI=1S/C28H43N3O3/c1-22-20-25(11-12-27(22)34-19-7-14-30-13-6-8-23(30)2)26(32)21-29-15-17-31(18-16-29)28(33)24-9-4-3-5-10-24/h11-12,20,23-24H,3-10,13-19,21H2,1-2H3. The van der Waals surface area contributed by atoms with Gasteiger partial charge in [-0.05, 0) is 76.3 Å². The zero-order chi connectivity index (χ0) is 23.9. The molecule has 0 spiro atoms. The van der Waals surface area contributed by atoms with Crippen molar-refractivity contribution < 1.29 is 14.3 Å². The van der Waals surface area contributed by atoms with Gasteiger partial charge in [0.25, 0.3) is 0 Å². The number of amides is 1. The van der Waals surface area contributed by atoms with Crippen LogP contribution in [0.5, 0.6) is 5.75 Å². The van der Waals surface area contributed by atoms with Crippen LogP contribution in [0.4, 0.5) is 0 Å². The molecule has 34 heavy (non-hydrogen) atoms. The van der Waals surface area contributed by atoms with Crippen LogP contribution in [0.15, 0.2) is 18.2 Å². The topological polar surface area (TPSA) is 53.1 Å². The summed E-state index contributed by atoms with van der Waals surface area (Å²) in [6.07, 6.45) is 9.39. The summed E-state index contributed by atoms with van der Waals surface area (Å²) in [4.78, 5) is 32.4. The highest BCUT2D eigenvalue weighted by molar-refractivity contribution is 5.98. The largest absolute Gasteiger partial charge is 0.493 e. The summed E-state index contributed by atoms with van der Waals surface area (Å²) >= 11 is 0. The van der Waals surface area contributed by atoms with Crippen LogP contribution in [-0.4, -0.2) is 84.9 Å². The Hall–Kier alpha value is -1.92. The van der Waals surface area contributed by atoms with Gasteiger partial charge in [-0.25, -0.2) is 0 Å². The summed E-state index contributed by atoms with van der Waals surface area (Å²) in [6.45, 7) is 10.8. The highest BCUT2D eigenvalue weighted by Gasteiger charge is 2.29. The van der Waals surface area contributed by atoms with Gasteiger partial charge in [0.05, 0.1) is 13.2 Å². The van der Waals surface area contributed by atoms with Crippen LogP contribution in [0.3, 0.4) is 0 Å². The van der Waals surface area contributed by atoms with E-state index >= 15 is 0 Å². The van der Waals surface area contributed by atoms with Gasteiger partial charge in [0.1, 0.15) is 5.75 Å². The van der Waals surface area contributed by atoms with Crippen LogP contribution >= 0.6 is 0 Å². The molecule has 4 rings (SSSR count). The SMILES string of the molecule is Cc1cc(C(=O)CN2CCN(C(=O)C3CCCCC3)CC2)ccc1OCCCN1CCCC1C. The first-order valence-electron chi connectivity index (χ1n) is 13.5. The fourth-order valence-electron chi connectivity index (χ4n) is 5.79. The van der Waals surface area contributed by atoms with Crippen molar-refractivity contribution in [2.75, 3.05) is 52.4 Å². The fourth-order valence-corrected chi connectivity index (χ4v) is 5.79. The lowest BCUT2D eigenvalue weighted by Crippen LogP contribution is -2.51. The van der Waals surface area contributed by atoms with Gasteiger partial charge in [-0.15, -0.1) is 0 Å². The maximum atomic E-state index is 12.9. The number of likely N-dealkylation sites (tertiary alicyclic amines) is 1. The molecule has 0 radical (unpaired) electrons. The van der Waals surface area contributed by atoms with E-state index in [1.54, 1.807) is 0 Å². The number of piperazine rings is 1. The van der Waals surface area contributed by atoms with Crippen molar-refractivity contribution >= 4 is 11.7 Å². The molecule has 0 bridgehead atoms. The van der Waals surface area contributed by atoms with Gasteiger partial charge >= 0.3 is 0 Å². The lowest BCUT2D eigenvalue weighted by Gasteiger charge is -2.36. The van der Waals surface area contributed by atoms with Crippen LogP contribution in [-0.2, 0) is 4.79 Å². The molecule has 6 nitrogen and oxygen atoms in total. The first-order chi connectivity index (χ1) is 16.5. The smallest absolute Gasteiger partial charge is 0.225 e. The number of aryl methyl sites for hydroxylation is 1. The minimum Gasteiger partial charge on any atom is -0.493 e. The van der Waals surface area contributed by atoms with Gasteiger partial charge in [-0.3, -0.25) is 14.5 Å². The van der Waals surface area contributed by atoms with E-state index in [-0.39, 0.29) is 11.7 Å². The van der Waals surface area contributed by atoms with Crippen LogP contribution in [0.2, 0.25) is 0 Å². The van der Waals surface area contributed by atoms with E-state index in [9.17, 15) is 9.59 Å². The number of benzene rings is 1. The minimum atomic E-state index is 0.143. The van der Waals surface area contributed by atoms with Crippen LogP contribution in [0.1, 0.15) is 74.2 Å². The summed E-state index contributed by atoms with van der Waals surface area (Å²) in [6, 6.07) is 6.51. The van der Waals surface area contributed by atoms with Crippen LogP contribution in [0.25, 0.3) is 0 Å². The molecule has 1 amide bonds. The Labute approximate surface area is 205 Å². The molecule has 1 aliphatic carbocycles. The second-order valence-corrected chi connectivity index (χ2v) is 10.6. The van der Waals surface area contributed by atoms with E-state index in [1.165, 1.54) is 38.6 Å². The van der Waals surface area contributed by atoms with Crippen molar-refractivity contribution in [1.82, 2.24) is 14.7 Å². The first-order valence-corrected chi connectivity index (χ1v) is 13.5. The molecular weight excluding hydrogens is 426 g/mol. The van der Waals surface area contributed by atoms with Crippen molar-refractivity contribution in [1.29, 1.82) is 0 Å². The number of ether oxygens (including phenoxy) is 1. The molecule has 3 fully saturated rings. The zero-order valence-electron chi connectivity index (χ0n) is 21.3. The quantitative estimate of drug-likeness (QED) is 0.402. The van der Waals surface area contributed by atoms with Gasteiger partial charge in [0, 0.05) is 50.2 Å². The molecular formula is C28H43N3O3.